The van der Waals surface area contributed by atoms with E-state index in [-0.39, 0.29) is 0 Å². The predicted octanol–water partition coefficient (Wildman–Crippen LogP) is 2.71. The van der Waals surface area contributed by atoms with Gasteiger partial charge in [-0.05, 0) is 30.7 Å². The van der Waals surface area contributed by atoms with Gasteiger partial charge < -0.3 is 5.32 Å². The minimum Gasteiger partial charge on any atom is -0.310 e. The van der Waals surface area contributed by atoms with Crippen molar-refractivity contribution in [2.45, 2.75) is 54.1 Å². The number of hydrogen-bond donors (Lipinski definition) is 1. The van der Waals surface area contributed by atoms with E-state index in [1.807, 2.05) is 4.68 Å². The van der Waals surface area contributed by atoms with Crippen LogP contribution < -0.4 is 5.32 Å². The summed E-state index contributed by atoms with van der Waals surface area (Å²) in [5.41, 5.74) is 0. The molecular weight excluding hydrogens is 224 g/mol. The van der Waals surface area contributed by atoms with Crippen LogP contribution in [0.5, 0.6) is 0 Å². The molecule has 0 aliphatic heterocycles. The zero-order valence-corrected chi connectivity index (χ0v) is 12.5. The fourth-order valence-corrected chi connectivity index (χ4v) is 2.22. The molecule has 1 unspecified atom stereocenters. The maximum absolute atomic E-state index is 4.33. The second kappa shape index (κ2) is 7.52. The summed E-state index contributed by atoms with van der Waals surface area (Å²) in [6.07, 6.45) is 2.90. The van der Waals surface area contributed by atoms with Crippen molar-refractivity contribution in [1.82, 2.24) is 20.1 Å². The first-order valence-electron chi connectivity index (χ1n) is 7.06. The molecule has 0 aromatic carbocycles. The van der Waals surface area contributed by atoms with Crippen molar-refractivity contribution in [3.8, 4) is 0 Å². The third-order valence-electron chi connectivity index (χ3n) is 2.89. The van der Waals surface area contributed by atoms with Crippen LogP contribution in [0.1, 0.15) is 46.9 Å². The molecule has 1 atom stereocenters. The molecule has 4 heteroatoms. The van der Waals surface area contributed by atoms with Crippen molar-refractivity contribution >= 4 is 0 Å². The molecule has 0 saturated carbocycles. The Morgan fingerprint density at radius 1 is 1.17 bits per heavy atom. The van der Waals surface area contributed by atoms with Crippen LogP contribution in [0.4, 0.5) is 0 Å². The first-order valence-corrected chi connectivity index (χ1v) is 7.06. The van der Waals surface area contributed by atoms with Crippen molar-refractivity contribution in [3.05, 3.63) is 12.2 Å². The highest BCUT2D eigenvalue weighted by molar-refractivity contribution is 4.84. The van der Waals surface area contributed by atoms with E-state index < -0.39 is 0 Å². The quantitative estimate of drug-likeness (QED) is 0.773. The Balaban J connectivity index is 2.44. The summed E-state index contributed by atoms with van der Waals surface area (Å²) in [7, 11) is 0. The van der Waals surface area contributed by atoms with Crippen LogP contribution in [0.2, 0.25) is 0 Å². The van der Waals surface area contributed by atoms with E-state index in [2.05, 4.69) is 50.0 Å². The highest BCUT2D eigenvalue weighted by Gasteiger charge is 2.10. The summed E-state index contributed by atoms with van der Waals surface area (Å²) in [4.78, 5) is 4.33. The van der Waals surface area contributed by atoms with Gasteiger partial charge in [0.25, 0.3) is 0 Å². The van der Waals surface area contributed by atoms with Crippen LogP contribution in [0, 0.1) is 17.8 Å². The molecule has 0 bridgehead atoms. The lowest BCUT2D eigenvalue weighted by molar-refractivity contribution is 0.363. The maximum Gasteiger partial charge on any atom is 0.140 e. The van der Waals surface area contributed by atoms with E-state index in [0.717, 1.165) is 31.4 Å². The fraction of sp³-hybridized carbons (Fsp3) is 0.857. The summed E-state index contributed by atoms with van der Waals surface area (Å²) in [5, 5.41) is 7.75. The van der Waals surface area contributed by atoms with Crippen LogP contribution in [-0.2, 0) is 13.1 Å². The normalized spacial score (nSPS) is 13.5. The molecule has 0 saturated heterocycles. The van der Waals surface area contributed by atoms with E-state index in [1.165, 1.54) is 6.42 Å². The molecule has 0 aliphatic rings. The van der Waals surface area contributed by atoms with Crippen molar-refractivity contribution in [2.75, 3.05) is 6.54 Å². The first-order chi connectivity index (χ1) is 8.49. The third kappa shape index (κ3) is 5.63. The molecule has 0 amide bonds. The molecule has 0 spiro atoms. The number of rotatable bonds is 8. The molecule has 0 fully saturated rings. The summed E-state index contributed by atoms with van der Waals surface area (Å²) < 4.78 is 2.04. The van der Waals surface area contributed by atoms with E-state index in [1.54, 1.807) is 6.33 Å². The van der Waals surface area contributed by atoms with E-state index >= 15 is 0 Å². The van der Waals surface area contributed by atoms with Gasteiger partial charge in [-0.3, -0.25) is 0 Å². The van der Waals surface area contributed by atoms with Gasteiger partial charge in [-0.25, -0.2) is 9.67 Å². The van der Waals surface area contributed by atoms with Crippen LogP contribution >= 0.6 is 0 Å². The lowest BCUT2D eigenvalue weighted by Gasteiger charge is -2.15. The van der Waals surface area contributed by atoms with Gasteiger partial charge in [-0.2, -0.15) is 5.10 Å². The summed E-state index contributed by atoms with van der Waals surface area (Å²) in [6, 6.07) is 0. The molecular formula is C14H28N4. The largest absolute Gasteiger partial charge is 0.310 e. The van der Waals surface area contributed by atoms with Crippen molar-refractivity contribution in [1.29, 1.82) is 0 Å². The Morgan fingerprint density at radius 2 is 1.89 bits per heavy atom. The van der Waals surface area contributed by atoms with Gasteiger partial charge in [0.15, 0.2) is 0 Å². The average molecular weight is 252 g/mol. The number of nitrogens with zero attached hydrogens (tertiary/aromatic N) is 3. The molecule has 1 heterocycles. The molecule has 1 aromatic heterocycles. The Kier molecular flexibility index (Phi) is 6.33. The van der Waals surface area contributed by atoms with E-state index in [4.69, 9.17) is 0 Å². The van der Waals surface area contributed by atoms with E-state index in [9.17, 15) is 0 Å². The summed E-state index contributed by atoms with van der Waals surface area (Å²) >= 11 is 0. The Bertz CT molecular complexity index is 330. The Hall–Kier alpha value is -0.900. The lowest BCUT2D eigenvalue weighted by Crippen LogP contribution is -2.23. The van der Waals surface area contributed by atoms with Crippen molar-refractivity contribution in [3.63, 3.8) is 0 Å². The van der Waals surface area contributed by atoms with Crippen LogP contribution in [0.25, 0.3) is 0 Å². The molecule has 1 aromatic rings. The summed E-state index contributed by atoms with van der Waals surface area (Å²) in [5.74, 6) is 3.11. The maximum atomic E-state index is 4.33. The topological polar surface area (TPSA) is 42.7 Å². The smallest absolute Gasteiger partial charge is 0.140 e. The first kappa shape index (κ1) is 15.2. The zero-order valence-electron chi connectivity index (χ0n) is 12.5. The van der Waals surface area contributed by atoms with Crippen molar-refractivity contribution < 1.29 is 0 Å². The van der Waals surface area contributed by atoms with Gasteiger partial charge in [0.1, 0.15) is 12.2 Å². The van der Waals surface area contributed by atoms with Gasteiger partial charge in [0.05, 0.1) is 6.54 Å². The molecule has 1 rings (SSSR count). The van der Waals surface area contributed by atoms with Gasteiger partial charge in [0.2, 0.25) is 0 Å². The monoisotopic (exact) mass is 252 g/mol. The second-order valence-corrected chi connectivity index (χ2v) is 6.12. The molecule has 4 nitrogen and oxygen atoms in total. The number of nitrogens with one attached hydrogen (secondary N) is 1. The SMILES string of the molecule is CC(C)CNCc1ncnn1CC(C)CC(C)C. The number of hydrogen-bond acceptors (Lipinski definition) is 3. The van der Waals surface area contributed by atoms with Crippen LogP contribution in [0.3, 0.4) is 0 Å². The predicted molar refractivity (Wildman–Crippen MR) is 75.2 cm³/mol. The molecule has 1 N–H and O–H groups in total. The number of aromatic nitrogens is 3. The van der Waals surface area contributed by atoms with Crippen LogP contribution in [0.15, 0.2) is 6.33 Å². The average Bonchev–Trinajstić information content (AvgIpc) is 2.63. The molecule has 0 radical (unpaired) electrons. The van der Waals surface area contributed by atoms with Gasteiger partial charge in [0, 0.05) is 6.54 Å². The molecule has 0 aliphatic carbocycles. The van der Waals surface area contributed by atoms with Crippen molar-refractivity contribution in [2.24, 2.45) is 17.8 Å². The zero-order chi connectivity index (χ0) is 13.5. The van der Waals surface area contributed by atoms with Gasteiger partial charge >= 0.3 is 0 Å². The molecule has 104 valence electrons. The highest BCUT2D eigenvalue weighted by Crippen LogP contribution is 2.13. The highest BCUT2D eigenvalue weighted by atomic mass is 15.3. The fourth-order valence-electron chi connectivity index (χ4n) is 2.22. The summed E-state index contributed by atoms with van der Waals surface area (Å²) in [6.45, 7) is 14.0. The molecule has 18 heavy (non-hydrogen) atoms. The third-order valence-corrected chi connectivity index (χ3v) is 2.89. The lowest BCUT2D eigenvalue weighted by atomic mass is 9.99. The van der Waals surface area contributed by atoms with Crippen LogP contribution in [-0.4, -0.2) is 21.3 Å². The minimum atomic E-state index is 0.649. The van der Waals surface area contributed by atoms with Gasteiger partial charge in [-0.15, -0.1) is 0 Å². The second-order valence-electron chi connectivity index (χ2n) is 6.12. The Labute approximate surface area is 111 Å². The minimum absolute atomic E-state index is 0.649. The van der Waals surface area contributed by atoms with E-state index in [0.29, 0.717) is 11.8 Å². The van der Waals surface area contributed by atoms with Gasteiger partial charge in [-0.1, -0.05) is 34.6 Å². The Morgan fingerprint density at radius 3 is 2.50 bits per heavy atom. The standard InChI is InChI=1S/C14H28N4/c1-11(2)6-13(5)9-18-14(16-10-17-18)8-15-7-12(3)4/h10-13,15H,6-9H2,1-5H3.